The first-order chi connectivity index (χ1) is 6.09. The predicted octanol–water partition coefficient (Wildman–Crippen LogP) is 1.96. The lowest BCUT2D eigenvalue weighted by molar-refractivity contribution is 0.125. The van der Waals surface area contributed by atoms with Crippen molar-refractivity contribution in [3.8, 4) is 0 Å². The third-order valence-electron chi connectivity index (χ3n) is 3.09. The van der Waals surface area contributed by atoms with E-state index in [1.807, 2.05) is 10.7 Å². The number of hydrogen-bond acceptors (Lipinski definition) is 2. The second-order valence-electron chi connectivity index (χ2n) is 4.53. The first-order valence-electron chi connectivity index (χ1n) is 4.89. The average molecular weight is 179 g/mol. The highest BCUT2D eigenvalue weighted by Crippen LogP contribution is 2.41. The molecular weight excluding hydrogens is 162 g/mol. The molecule has 0 amide bonds. The van der Waals surface area contributed by atoms with Gasteiger partial charge in [-0.3, -0.25) is 4.68 Å². The second-order valence-corrected chi connectivity index (χ2v) is 4.53. The maximum Gasteiger partial charge on any atom is 0.145 e. The van der Waals surface area contributed by atoms with E-state index in [1.54, 1.807) is 0 Å². The Kier molecular flexibility index (Phi) is 1.82. The molecule has 1 saturated carbocycles. The quantitative estimate of drug-likeness (QED) is 0.754. The number of rotatable bonds is 2. The van der Waals surface area contributed by atoms with Crippen molar-refractivity contribution in [3.63, 3.8) is 0 Å². The first kappa shape index (κ1) is 8.60. The zero-order valence-electron chi connectivity index (χ0n) is 8.38. The average Bonchev–Trinajstić information content (AvgIpc) is 2.27. The number of nitrogen functional groups attached to an aromatic ring is 1. The highest BCUT2D eigenvalue weighted by molar-refractivity contribution is 5.28. The molecule has 0 spiro atoms. The Labute approximate surface area is 78.9 Å². The molecule has 0 bridgehead atoms. The summed E-state index contributed by atoms with van der Waals surface area (Å²) in [7, 11) is 0. The lowest BCUT2D eigenvalue weighted by atomic mass is 9.70. The third-order valence-corrected chi connectivity index (χ3v) is 3.09. The van der Waals surface area contributed by atoms with Crippen LogP contribution in [0.4, 0.5) is 5.82 Å². The van der Waals surface area contributed by atoms with Gasteiger partial charge in [-0.05, 0) is 25.2 Å². The van der Waals surface area contributed by atoms with Crippen LogP contribution in [0.5, 0.6) is 0 Å². The largest absolute Gasteiger partial charge is 0.382 e. The van der Waals surface area contributed by atoms with E-state index >= 15 is 0 Å². The second kappa shape index (κ2) is 2.76. The first-order valence-corrected chi connectivity index (χ1v) is 4.89. The van der Waals surface area contributed by atoms with E-state index < -0.39 is 0 Å². The molecule has 72 valence electrons. The maximum atomic E-state index is 5.63. The van der Waals surface area contributed by atoms with Crippen molar-refractivity contribution in [1.82, 2.24) is 9.78 Å². The van der Waals surface area contributed by atoms with E-state index in [1.165, 1.54) is 25.0 Å². The van der Waals surface area contributed by atoms with Crippen molar-refractivity contribution >= 4 is 5.82 Å². The van der Waals surface area contributed by atoms with Crippen molar-refractivity contribution < 1.29 is 0 Å². The van der Waals surface area contributed by atoms with Gasteiger partial charge in [0, 0.05) is 18.3 Å². The van der Waals surface area contributed by atoms with Gasteiger partial charge in [-0.15, -0.1) is 0 Å². The van der Waals surface area contributed by atoms with Gasteiger partial charge < -0.3 is 5.73 Å². The molecule has 3 nitrogen and oxygen atoms in total. The fraction of sp³-hybridized carbons (Fsp3) is 0.700. The molecular formula is C10H17N3. The summed E-state index contributed by atoms with van der Waals surface area (Å²) in [6.45, 7) is 5.41. The lowest BCUT2D eigenvalue weighted by Crippen LogP contribution is -2.31. The summed E-state index contributed by atoms with van der Waals surface area (Å²) in [6, 6.07) is 1.93. The Morgan fingerprint density at radius 2 is 2.31 bits per heavy atom. The van der Waals surface area contributed by atoms with Gasteiger partial charge in [-0.1, -0.05) is 13.3 Å². The minimum atomic E-state index is 0.475. The third kappa shape index (κ3) is 1.55. The van der Waals surface area contributed by atoms with Crippen LogP contribution in [0.2, 0.25) is 0 Å². The van der Waals surface area contributed by atoms with E-state index in [0.29, 0.717) is 11.2 Å². The number of aromatic nitrogens is 2. The van der Waals surface area contributed by atoms with Crippen molar-refractivity contribution in [2.24, 2.45) is 5.41 Å². The van der Waals surface area contributed by atoms with Crippen LogP contribution in [0.15, 0.2) is 6.07 Å². The van der Waals surface area contributed by atoms with E-state index in [4.69, 9.17) is 5.73 Å². The van der Waals surface area contributed by atoms with Crippen molar-refractivity contribution in [2.75, 3.05) is 5.73 Å². The Morgan fingerprint density at radius 3 is 2.69 bits per heavy atom. The van der Waals surface area contributed by atoms with E-state index in [2.05, 4.69) is 18.9 Å². The number of nitrogens with two attached hydrogens (primary N) is 1. The van der Waals surface area contributed by atoms with Crippen LogP contribution in [0.1, 0.15) is 31.9 Å². The summed E-state index contributed by atoms with van der Waals surface area (Å²) in [5, 5.41) is 4.27. The van der Waals surface area contributed by atoms with Crippen LogP contribution in [0, 0.1) is 12.3 Å². The van der Waals surface area contributed by atoms with E-state index in [0.717, 1.165) is 6.54 Å². The Morgan fingerprint density at radius 1 is 1.62 bits per heavy atom. The summed E-state index contributed by atoms with van der Waals surface area (Å²) >= 11 is 0. The van der Waals surface area contributed by atoms with Gasteiger partial charge in [0.25, 0.3) is 0 Å². The standard InChI is InChI=1S/C10H17N3/c1-8-6-9(11)12-13(8)7-10(2)4-3-5-10/h6H,3-5,7H2,1-2H3,(H2,11,12). The number of anilines is 1. The topological polar surface area (TPSA) is 43.8 Å². The van der Waals surface area contributed by atoms with Crippen molar-refractivity contribution in [2.45, 2.75) is 39.7 Å². The molecule has 1 aromatic rings. The van der Waals surface area contributed by atoms with E-state index in [-0.39, 0.29) is 0 Å². The normalized spacial score (nSPS) is 19.8. The number of hydrogen-bond donors (Lipinski definition) is 1. The van der Waals surface area contributed by atoms with Gasteiger partial charge in [0.05, 0.1) is 0 Å². The highest BCUT2D eigenvalue weighted by atomic mass is 15.3. The Bertz CT molecular complexity index is 310. The molecule has 3 heteroatoms. The van der Waals surface area contributed by atoms with Crippen molar-refractivity contribution in [3.05, 3.63) is 11.8 Å². The molecule has 2 N–H and O–H groups in total. The monoisotopic (exact) mass is 179 g/mol. The highest BCUT2D eigenvalue weighted by Gasteiger charge is 2.32. The lowest BCUT2D eigenvalue weighted by Gasteiger charge is -2.38. The Hall–Kier alpha value is -0.990. The summed E-state index contributed by atoms with van der Waals surface area (Å²) in [6.07, 6.45) is 4.02. The molecule has 1 aliphatic carbocycles. The molecule has 0 saturated heterocycles. The van der Waals surface area contributed by atoms with Crippen LogP contribution in [0.3, 0.4) is 0 Å². The minimum absolute atomic E-state index is 0.475. The smallest absolute Gasteiger partial charge is 0.145 e. The molecule has 0 aliphatic heterocycles. The van der Waals surface area contributed by atoms with Crippen LogP contribution in [-0.2, 0) is 6.54 Å². The molecule has 13 heavy (non-hydrogen) atoms. The van der Waals surface area contributed by atoms with Gasteiger partial charge >= 0.3 is 0 Å². The van der Waals surface area contributed by atoms with Crippen LogP contribution in [0.25, 0.3) is 0 Å². The molecule has 0 radical (unpaired) electrons. The zero-order valence-corrected chi connectivity index (χ0v) is 8.38. The molecule has 1 aliphatic rings. The zero-order chi connectivity index (χ0) is 9.47. The van der Waals surface area contributed by atoms with Crippen molar-refractivity contribution in [1.29, 1.82) is 0 Å². The molecule has 2 rings (SSSR count). The summed E-state index contributed by atoms with van der Waals surface area (Å²) < 4.78 is 2.04. The minimum Gasteiger partial charge on any atom is -0.382 e. The summed E-state index contributed by atoms with van der Waals surface area (Å²) in [4.78, 5) is 0. The molecule has 1 aromatic heterocycles. The molecule has 1 heterocycles. The number of nitrogens with zero attached hydrogens (tertiary/aromatic N) is 2. The molecule has 0 aromatic carbocycles. The SMILES string of the molecule is Cc1cc(N)nn1CC1(C)CCC1. The van der Waals surface area contributed by atoms with Crippen LogP contribution in [-0.4, -0.2) is 9.78 Å². The van der Waals surface area contributed by atoms with Gasteiger partial charge in [-0.25, -0.2) is 0 Å². The van der Waals surface area contributed by atoms with Gasteiger partial charge in [0.15, 0.2) is 0 Å². The molecule has 1 fully saturated rings. The van der Waals surface area contributed by atoms with E-state index in [9.17, 15) is 0 Å². The van der Waals surface area contributed by atoms with Crippen LogP contribution < -0.4 is 5.73 Å². The van der Waals surface area contributed by atoms with Gasteiger partial charge in [0.2, 0.25) is 0 Å². The van der Waals surface area contributed by atoms with Crippen LogP contribution >= 0.6 is 0 Å². The van der Waals surface area contributed by atoms with Gasteiger partial charge in [0.1, 0.15) is 5.82 Å². The fourth-order valence-corrected chi connectivity index (χ4v) is 2.00. The summed E-state index contributed by atoms with van der Waals surface area (Å²) in [5.74, 6) is 0.639. The predicted molar refractivity (Wildman–Crippen MR) is 53.3 cm³/mol. The summed E-state index contributed by atoms with van der Waals surface area (Å²) in [5.41, 5.74) is 7.27. The maximum absolute atomic E-state index is 5.63. The molecule has 0 atom stereocenters. The Balaban J connectivity index is 2.12. The fourth-order valence-electron chi connectivity index (χ4n) is 2.00. The molecule has 0 unspecified atom stereocenters. The number of aryl methyl sites for hydroxylation is 1. The van der Waals surface area contributed by atoms with Gasteiger partial charge in [-0.2, -0.15) is 5.10 Å².